The van der Waals surface area contributed by atoms with Gasteiger partial charge in [-0.15, -0.1) is 11.3 Å². The first-order chi connectivity index (χ1) is 13.6. The summed E-state index contributed by atoms with van der Waals surface area (Å²) in [7, 11) is -3.88. The van der Waals surface area contributed by atoms with E-state index in [1.807, 2.05) is 29.6 Å². The average Bonchev–Trinajstić information content (AvgIpc) is 3.18. The van der Waals surface area contributed by atoms with E-state index in [4.69, 9.17) is 4.18 Å². The van der Waals surface area contributed by atoms with Crippen LogP contribution in [0.1, 0.15) is 0 Å². The Labute approximate surface area is 166 Å². The molecule has 2 aromatic carbocycles. The lowest BCUT2D eigenvalue weighted by molar-refractivity contribution is 0.486. The van der Waals surface area contributed by atoms with Crippen molar-refractivity contribution in [3.05, 3.63) is 84.4 Å². The molecule has 2 heterocycles. The zero-order valence-corrected chi connectivity index (χ0v) is 16.2. The van der Waals surface area contributed by atoms with Crippen LogP contribution in [-0.2, 0) is 10.1 Å². The molecule has 1 N–H and O–H groups in total. The Kier molecular flexibility index (Phi) is 5.05. The lowest BCUT2D eigenvalue weighted by atomic mass is 10.3. The summed E-state index contributed by atoms with van der Waals surface area (Å²) in [6, 6.07) is 20.4. The van der Waals surface area contributed by atoms with Gasteiger partial charge in [0.25, 0.3) is 0 Å². The van der Waals surface area contributed by atoms with Crippen molar-refractivity contribution in [3.63, 3.8) is 0 Å². The minimum absolute atomic E-state index is 0.105. The van der Waals surface area contributed by atoms with Gasteiger partial charge < -0.3 is 9.50 Å². The zero-order chi connectivity index (χ0) is 19.4. The van der Waals surface area contributed by atoms with Crippen molar-refractivity contribution in [3.8, 4) is 17.1 Å². The van der Waals surface area contributed by atoms with E-state index >= 15 is 0 Å². The van der Waals surface area contributed by atoms with E-state index in [1.54, 1.807) is 42.6 Å². The number of benzene rings is 2. The van der Waals surface area contributed by atoms with Gasteiger partial charge in [-0.3, -0.25) is 4.98 Å². The van der Waals surface area contributed by atoms with Gasteiger partial charge in [-0.1, -0.05) is 30.3 Å². The molecule has 0 bridgehead atoms. The SMILES string of the molecule is O=S(=O)(Oc1cccc(Nc2nc(-c3ccccn3)cs2)c1)c1ccccc1. The molecule has 0 saturated heterocycles. The lowest BCUT2D eigenvalue weighted by Gasteiger charge is -2.09. The molecule has 0 spiro atoms. The molecule has 140 valence electrons. The van der Waals surface area contributed by atoms with Gasteiger partial charge in [0, 0.05) is 23.3 Å². The zero-order valence-electron chi connectivity index (χ0n) is 14.5. The molecule has 6 nitrogen and oxygen atoms in total. The maximum Gasteiger partial charge on any atom is 0.339 e. The molecular weight excluding hydrogens is 394 g/mol. The first-order valence-corrected chi connectivity index (χ1v) is 10.6. The third-order valence-corrected chi connectivity index (χ3v) is 5.77. The molecule has 0 aliphatic heterocycles. The molecule has 0 saturated carbocycles. The van der Waals surface area contributed by atoms with Crippen LogP contribution in [0.5, 0.6) is 5.75 Å². The van der Waals surface area contributed by atoms with Crippen LogP contribution in [-0.4, -0.2) is 18.4 Å². The Morgan fingerprint density at radius 2 is 1.71 bits per heavy atom. The molecule has 4 rings (SSSR count). The van der Waals surface area contributed by atoms with Crippen molar-refractivity contribution in [1.29, 1.82) is 0 Å². The van der Waals surface area contributed by atoms with Gasteiger partial charge in [-0.05, 0) is 36.4 Å². The summed E-state index contributed by atoms with van der Waals surface area (Å²) in [5, 5.41) is 5.74. The number of nitrogens with one attached hydrogen (secondary N) is 1. The average molecular weight is 409 g/mol. The van der Waals surface area contributed by atoms with E-state index in [2.05, 4.69) is 15.3 Å². The summed E-state index contributed by atoms with van der Waals surface area (Å²) < 4.78 is 30.0. The largest absolute Gasteiger partial charge is 0.379 e. The number of nitrogens with zero attached hydrogens (tertiary/aromatic N) is 2. The predicted molar refractivity (Wildman–Crippen MR) is 109 cm³/mol. The van der Waals surface area contributed by atoms with Crippen LogP contribution >= 0.6 is 11.3 Å². The standard InChI is InChI=1S/C20H15N3O3S2/c24-28(25,17-9-2-1-3-10-17)26-16-8-6-7-15(13-16)22-20-23-19(14-27-20)18-11-4-5-12-21-18/h1-14H,(H,22,23). The Morgan fingerprint density at radius 3 is 2.50 bits per heavy atom. The number of thiazole rings is 1. The van der Waals surface area contributed by atoms with E-state index in [9.17, 15) is 8.42 Å². The summed E-state index contributed by atoms with van der Waals surface area (Å²) in [6.45, 7) is 0. The number of aromatic nitrogens is 2. The summed E-state index contributed by atoms with van der Waals surface area (Å²) in [6.07, 6.45) is 1.72. The normalized spacial score (nSPS) is 11.1. The van der Waals surface area contributed by atoms with Crippen molar-refractivity contribution in [2.75, 3.05) is 5.32 Å². The Morgan fingerprint density at radius 1 is 0.893 bits per heavy atom. The smallest absolute Gasteiger partial charge is 0.339 e. The molecule has 0 aliphatic rings. The highest BCUT2D eigenvalue weighted by Crippen LogP contribution is 2.28. The van der Waals surface area contributed by atoms with Crippen LogP contribution in [0.3, 0.4) is 0 Å². The molecule has 28 heavy (non-hydrogen) atoms. The van der Waals surface area contributed by atoms with Crippen LogP contribution in [0, 0.1) is 0 Å². The first kappa shape index (κ1) is 18.1. The van der Waals surface area contributed by atoms with E-state index < -0.39 is 10.1 Å². The van der Waals surface area contributed by atoms with Gasteiger partial charge in [0.2, 0.25) is 0 Å². The first-order valence-electron chi connectivity index (χ1n) is 8.34. The Balaban J connectivity index is 1.51. The third-order valence-electron chi connectivity index (χ3n) is 3.75. The minimum atomic E-state index is -3.88. The van der Waals surface area contributed by atoms with Crippen molar-refractivity contribution >= 4 is 32.3 Å². The van der Waals surface area contributed by atoms with Crippen molar-refractivity contribution in [2.24, 2.45) is 0 Å². The van der Waals surface area contributed by atoms with E-state index in [-0.39, 0.29) is 10.6 Å². The quantitative estimate of drug-likeness (QED) is 0.464. The van der Waals surface area contributed by atoms with Crippen LogP contribution in [0.4, 0.5) is 10.8 Å². The molecule has 0 radical (unpaired) electrons. The molecule has 4 aromatic rings. The fraction of sp³-hybridized carbons (Fsp3) is 0. The molecule has 0 amide bonds. The molecule has 0 atom stereocenters. The third kappa shape index (κ3) is 4.19. The Hall–Kier alpha value is -3.23. The molecular formula is C20H15N3O3S2. The van der Waals surface area contributed by atoms with Crippen LogP contribution in [0.25, 0.3) is 11.4 Å². The second-order valence-corrected chi connectivity index (χ2v) is 8.16. The van der Waals surface area contributed by atoms with E-state index in [0.29, 0.717) is 10.8 Å². The highest BCUT2D eigenvalue weighted by atomic mass is 32.2. The number of hydrogen-bond acceptors (Lipinski definition) is 7. The molecule has 0 fully saturated rings. The maximum absolute atomic E-state index is 12.4. The van der Waals surface area contributed by atoms with Gasteiger partial charge in [-0.2, -0.15) is 8.42 Å². The van der Waals surface area contributed by atoms with Crippen LogP contribution in [0.2, 0.25) is 0 Å². The molecule has 0 unspecified atom stereocenters. The van der Waals surface area contributed by atoms with E-state index in [0.717, 1.165) is 11.4 Å². The summed E-state index contributed by atoms with van der Waals surface area (Å²) in [5.41, 5.74) is 2.23. The summed E-state index contributed by atoms with van der Waals surface area (Å²) in [5.74, 6) is 0.218. The van der Waals surface area contributed by atoms with E-state index in [1.165, 1.54) is 23.5 Å². The summed E-state index contributed by atoms with van der Waals surface area (Å²) in [4.78, 5) is 8.90. The molecule has 8 heteroatoms. The maximum atomic E-state index is 12.4. The topological polar surface area (TPSA) is 81.2 Å². The Bertz CT molecular complexity index is 1180. The monoisotopic (exact) mass is 409 g/mol. The van der Waals surface area contributed by atoms with Gasteiger partial charge >= 0.3 is 10.1 Å². The van der Waals surface area contributed by atoms with Gasteiger partial charge in [-0.25, -0.2) is 4.98 Å². The number of hydrogen-bond donors (Lipinski definition) is 1. The van der Waals surface area contributed by atoms with Gasteiger partial charge in [0.15, 0.2) is 5.13 Å². The van der Waals surface area contributed by atoms with Crippen LogP contribution in [0.15, 0.2) is 89.3 Å². The van der Waals surface area contributed by atoms with Crippen LogP contribution < -0.4 is 9.50 Å². The second kappa shape index (κ2) is 7.79. The number of pyridine rings is 1. The fourth-order valence-corrected chi connectivity index (χ4v) is 4.14. The highest BCUT2D eigenvalue weighted by Gasteiger charge is 2.16. The number of anilines is 2. The van der Waals surface area contributed by atoms with Crippen molar-refractivity contribution < 1.29 is 12.6 Å². The highest BCUT2D eigenvalue weighted by molar-refractivity contribution is 7.87. The lowest BCUT2D eigenvalue weighted by Crippen LogP contribution is -2.09. The fourth-order valence-electron chi connectivity index (χ4n) is 2.47. The second-order valence-electron chi connectivity index (χ2n) is 5.76. The predicted octanol–water partition coefficient (Wildman–Crippen LogP) is 4.72. The van der Waals surface area contributed by atoms with Crippen molar-refractivity contribution in [1.82, 2.24) is 9.97 Å². The number of rotatable bonds is 6. The van der Waals surface area contributed by atoms with Gasteiger partial charge in [0.05, 0.1) is 5.69 Å². The van der Waals surface area contributed by atoms with Gasteiger partial charge in [0.1, 0.15) is 16.3 Å². The molecule has 0 aliphatic carbocycles. The molecule has 2 aromatic heterocycles. The van der Waals surface area contributed by atoms with Crippen molar-refractivity contribution in [2.45, 2.75) is 4.90 Å². The summed E-state index contributed by atoms with van der Waals surface area (Å²) >= 11 is 1.43. The minimum Gasteiger partial charge on any atom is -0.379 e.